The molecular weight excluding hydrogens is 296 g/mol. The number of carbonyl (C=O) groups is 1. The van der Waals surface area contributed by atoms with Crippen LogP contribution in [-0.2, 0) is 19.4 Å². The molecule has 0 aromatic carbocycles. The molecule has 1 N–H and O–H groups in total. The van der Waals surface area contributed by atoms with Crippen molar-refractivity contribution in [3.05, 3.63) is 33.0 Å². The number of aromatic nitrogens is 3. The van der Waals surface area contributed by atoms with E-state index in [1.54, 1.807) is 11.3 Å². The molecule has 6 heteroatoms. The molecule has 0 saturated heterocycles. The van der Waals surface area contributed by atoms with Gasteiger partial charge in [0.05, 0.1) is 4.88 Å². The van der Waals surface area contributed by atoms with Gasteiger partial charge < -0.3 is 9.88 Å². The lowest BCUT2D eigenvalue weighted by Gasteiger charge is -2.07. The van der Waals surface area contributed by atoms with Gasteiger partial charge in [-0.15, -0.1) is 21.5 Å². The Morgan fingerprint density at radius 2 is 2.18 bits per heavy atom. The number of thiophene rings is 1. The maximum absolute atomic E-state index is 12.1. The Morgan fingerprint density at radius 1 is 1.32 bits per heavy atom. The summed E-state index contributed by atoms with van der Waals surface area (Å²) in [7, 11) is 0. The fourth-order valence-electron chi connectivity index (χ4n) is 2.79. The highest BCUT2D eigenvalue weighted by Crippen LogP contribution is 2.20. The van der Waals surface area contributed by atoms with E-state index in [1.165, 1.54) is 29.7 Å². The van der Waals surface area contributed by atoms with Crippen LogP contribution < -0.4 is 5.32 Å². The quantitative estimate of drug-likeness (QED) is 0.943. The van der Waals surface area contributed by atoms with Gasteiger partial charge in [0.25, 0.3) is 5.91 Å². The van der Waals surface area contributed by atoms with Crippen molar-refractivity contribution in [1.82, 2.24) is 20.1 Å². The molecule has 3 rings (SSSR count). The summed E-state index contributed by atoms with van der Waals surface area (Å²) in [6, 6.07) is 1.96. The number of nitrogens with one attached hydrogen (secondary N) is 1. The summed E-state index contributed by atoms with van der Waals surface area (Å²) in [6.07, 6.45) is 5.41. The number of fused-ring (bicyclic) bond motifs is 1. The molecule has 118 valence electrons. The van der Waals surface area contributed by atoms with Gasteiger partial charge in [-0.1, -0.05) is 6.42 Å². The molecule has 1 amide bonds. The van der Waals surface area contributed by atoms with Crippen LogP contribution in [0.2, 0.25) is 0 Å². The van der Waals surface area contributed by atoms with Crippen LogP contribution in [0.5, 0.6) is 0 Å². The van der Waals surface area contributed by atoms with Crippen molar-refractivity contribution < 1.29 is 4.79 Å². The van der Waals surface area contributed by atoms with Gasteiger partial charge >= 0.3 is 0 Å². The van der Waals surface area contributed by atoms with Crippen molar-refractivity contribution in [2.75, 3.05) is 6.54 Å². The van der Waals surface area contributed by atoms with E-state index in [0.717, 1.165) is 35.9 Å². The molecule has 1 aliphatic heterocycles. The first kappa shape index (κ1) is 15.2. The Morgan fingerprint density at radius 3 is 2.95 bits per heavy atom. The fraction of sp³-hybridized carbons (Fsp3) is 0.562. The van der Waals surface area contributed by atoms with E-state index in [0.29, 0.717) is 6.54 Å². The highest BCUT2D eigenvalue weighted by Gasteiger charge is 2.15. The van der Waals surface area contributed by atoms with E-state index >= 15 is 0 Å². The first-order valence-corrected chi connectivity index (χ1v) is 8.73. The summed E-state index contributed by atoms with van der Waals surface area (Å²) >= 11 is 1.55. The van der Waals surface area contributed by atoms with Crippen LogP contribution in [-0.4, -0.2) is 27.2 Å². The van der Waals surface area contributed by atoms with Crippen LogP contribution in [0.15, 0.2) is 6.07 Å². The number of rotatable bonds is 4. The molecule has 3 heterocycles. The minimum absolute atomic E-state index is 0.0109. The van der Waals surface area contributed by atoms with Gasteiger partial charge in [-0.3, -0.25) is 4.79 Å². The molecule has 5 nitrogen and oxygen atoms in total. The zero-order valence-corrected chi connectivity index (χ0v) is 14.0. The lowest BCUT2D eigenvalue weighted by Crippen LogP contribution is -2.25. The van der Waals surface area contributed by atoms with Crippen molar-refractivity contribution in [3.8, 4) is 0 Å². The number of hydrogen-bond donors (Lipinski definition) is 1. The summed E-state index contributed by atoms with van der Waals surface area (Å²) < 4.78 is 2.23. The van der Waals surface area contributed by atoms with E-state index in [2.05, 4.69) is 20.1 Å². The number of aryl methyl sites for hydroxylation is 3. The largest absolute Gasteiger partial charge is 0.351 e. The monoisotopic (exact) mass is 318 g/mol. The lowest BCUT2D eigenvalue weighted by molar-refractivity contribution is 0.0958. The SMILES string of the molecule is Cc1cc(C(=O)NCCc2nnc3n2CCCCC3)sc1C. The molecule has 2 aromatic rings. The van der Waals surface area contributed by atoms with Gasteiger partial charge in [0.1, 0.15) is 11.6 Å². The van der Waals surface area contributed by atoms with Crippen LogP contribution in [0, 0.1) is 13.8 Å². The van der Waals surface area contributed by atoms with E-state index in [4.69, 9.17) is 0 Å². The highest BCUT2D eigenvalue weighted by atomic mass is 32.1. The molecular formula is C16H22N4OS. The topological polar surface area (TPSA) is 59.8 Å². The second-order valence-electron chi connectivity index (χ2n) is 5.85. The summed E-state index contributed by atoms with van der Waals surface area (Å²) in [5.41, 5.74) is 1.18. The third-order valence-corrected chi connectivity index (χ3v) is 5.36. The highest BCUT2D eigenvalue weighted by molar-refractivity contribution is 7.14. The first-order chi connectivity index (χ1) is 10.6. The molecule has 0 atom stereocenters. The summed E-state index contributed by atoms with van der Waals surface area (Å²) in [6.45, 7) is 5.69. The normalized spacial score (nSPS) is 14.5. The molecule has 1 aliphatic rings. The Hall–Kier alpha value is -1.69. The molecule has 22 heavy (non-hydrogen) atoms. The van der Waals surface area contributed by atoms with E-state index < -0.39 is 0 Å². The van der Waals surface area contributed by atoms with Crippen molar-refractivity contribution in [2.24, 2.45) is 0 Å². The number of carbonyl (C=O) groups excluding carboxylic acids is 1. The second-order valence-corrected chi connectivity index (χ2v) is 7.11. The lowest BCUT2D eigenvalue weighted by atomic mass is 10.2. The van der Waals surface area contributed by atoms with Gasteiger partial charge in [-0.25, -0.2) is 0 Å². The Balaban J connectivity index is 1.57. The Bertz CT molecular complexity index is 654. The minimum Gasteiger partial charge on any atom is -0.351 e. The van der Waals surface area contributed by atoms with Gasteiger partial charge in [0.15, 0.2) is 0 Å². The zero-order chi connectivity index (χ0) is 15.5. The molecule has 2 aromatic heterocycles. The van der Waals surface area contributed by atoms with Crippen molar-refractivity contribution in [2.45, 2.75) is 52.5 Å². The Kier molecular flexibility index (Phi) is 4.57. The van der Waals surface area contributed by atoms with Crippen LogP contribution in [0.3, 0.4) is 0 Å². The first-order valence-electron chi connectivity index (χ1n) is 7.91. The molecule has 0 aliphatic carbocycles. The number of amides is 1. The van der Waals surface area contributed by atoms with Gasteiger partial charge in [0.2, 0.25) is 0 Å². The van der Waals surface area contributed by atoms with E-state index in [-0.39, 0.29) is 5.91 Å². The fourth-order valence-corrected chi connectivity index (χ4v) is 3.74. The standard InChI is InChI=1S/C16H22N4OS/c1-11-10-13(22-12(11)2)16(21)17-8-7-15-19-18-14-6-4-3-5-9-20(14)15/h10H,3-9H2,1-2H3,(H,17,21). The summed E-state index contributed by atoms with van der Waals surface area (Å²) in [5.74, 6) is 2.11. The molecule has 0 radical (unpaired) electrons. The predicted molar refractivity (Wildman–Crippen MR) is 87.4 cm³/mol. The molecule has 0 saturated carbocycles. The van der Waals surface area contributed by atoms with Crippen LogP contribution >= 0.6 is 11.3 Å². The zero-order valence-electron chi connectivity index (χ0n) is 13.2. The second kappa shape index (κ2) is 6.60. The maximum atomic E-state index is 12.1. The van der Waals surface area contributed by atoms with Crippen molar-refractivity contribution in [3.63, 3.8) is 0 Å². The molecule has 0 spiro atoms. The molecule has 0 bridgehead atoms. The number of nitrogens with zero attached hydrogens (tertiary/aromatic N) is 3. The average molecular weight is 318 g/mol. The van der Waals surface area contributed by atoms with Crippen molar-refractivity contribution in [1.29, 1.82) is 0 Å². The average Bonchev–Trinajstić information content (AvgIpc) is 2.94. The molecule has 0 fully saturated rings. The Labute approximate surface area is 134 Å². The third kappa shape index (κ3) is 3.21. The van der Waals surface area contributed by atoms with E-state index in [9.17, 15) is 4.79 Å². The van der Waals surface area contributed by atoms with Gasteiger partial charge in [0, 0.05) is 30.8 Å². The summed E-state index contributed by atoms with van der Waals surface area (Å²) in [5, 5.41) is 11.6. The number of hydrogen-bond acceptors (Lipinski definition) is 4. The van der Waals surface area contributed by atoms with Gasteiger partial charge in [-0.2, -0.15) is 0 Å². The van der Waals surface area contributed by atoms with Crippen molar-refractivity contribution >= 4 is 17.2 Å². The smallest absolute Gasteiger partial charge is 0.261 e. The molecule has 0 unspecified atom stereocenters. The van der Waals surface area contributed by atoms with Crippen LogP contribution in [0.1, 0.15) is 51.0 Å². The van der Waals surface area contributed by atoms with Gasteiger partial charge in [-0.05, 0) is 38.3 Å². The maximum Gasteiger partial charge on any atom is 0.261 e. The van der Waals surface area contributed by atoms with Crippen LogP contribution in [0.4, 0.5) is 0 Å². The van der Waals surface area contributed by atoms with Crippen LogP contribution in [0.25, 0.3) is 0 Å². The van der Waals surface area contributed by atoms with E-state index in [1.807, 2.05) is 19.9 Å². The third-order valence-electron chi connectivity index (χ3n) is 4.21. The minimum atomic E-state index is 0.0109. The predicted octanol–water partition coefficient (Wildman–Crippen LogP) is 2.66. The summed E-state index contributed by atoms with van der Waals surface area (Å²) in [4.78, 5) is 14.1.